The van der Waals surface area contributed by atoms with Crippen molar-refractivity contribution in [3.63, 3.8) is 0 Å². The van der Waals surface area contributed by atoms with Gasteiger partial charge in [-0.1, -0.05) is 155 Å². The lowest BCUT2D eigenvalue weighted by Gasteiger charge is -2.40. The number of ether oxygens (including phenoxy) is 2. The molecule has 0 radical (unpaired) electrons. The molecular weight excluding hydrogens is 610 g/mol. The van der Waals surface area contributed by atoms with Gasteiger partial charge in [-0.3, -0.25) is 4.79 Å². The van der Waals surface area contributed by atoms with Gasteiger partial charge in [0.25, 0.3) is 0 Å². The zero-order valence-corrected chi connectivity index (χ0v) is 30.9. The van der Waals surface area contributed by atoms with E-state index in [0.29, 0.717) is 6.42 Å². The fraction of sp³-hybridized carbons (Fsp3) is 0.923. The highest BCUT2D eigenvalue weighted by molar-refractivity contribution is 5.76. The van der Waals surface area contributed by atoms with E-state index in [1.54, 1.807) is 6.08 Å². The van der Waals surface area contributed by atoms with Gasteiger partial charge in [-0.2, -0.15) is 0 Å². The largest absolute Gasteiger partial charge is 0.394 e. The minimum atomic E-state index is -1.56. The SMILES string of the molecule is CCCCCCCCCCCCCCCC(=O)N[C@@H](CO[C@@H]1O[C@H](CO)[C@@H](O)[C@H](O)[C@H]1O)[C@H](O)/C=C/CCCCCCCCCC(C)C. The molecule has 48 heavy (non-hydrogen) atoms. The van der Waals surface area contributed by atoms with Crippen LogP contribution in [0.1, 0.15) is 168 Å². The Morgan fingerprint density at radius 2 is 1.27 bits per heavy atom. The molecule has 0 aromatic carbocycles. The summed E-state index contributed by atoms with van der Waals surface area (Å²) in [6.45, 7) is 6.05. The van der Waals surface area contributed by atoms with E-state index in [0.717, 1.165) is 44.4 Å². The average Bonchev–Trinajstić information content (AvgIpc) is 3.07. The Hall–Kier alpha value is -1.07. The molecule has 0 aliphatic carbocycles. The first kappa shape index (κ1) is 45.0. The minimum absolute atomic E-state index is 0.179. The van der Waals surface area contributed by atoms with Crippen LogP contribution in [0.3, 0.4) is 0 Å². The van der Waals surface area contributed by atoms with Crippen LogP contribution in [0, 0.1) is 5.92 Å². The van der Waals surface area contributed by atoms with Crippen molar-refractivity contribution >= 4 is 5.91 Å². The number of nitrogens with one attached hydrogen (secondary N) is 1. The predicted octanol–water partition coefficient (Wildman–Crippen LogP) is 6.85. The second-order valence-electron chi connectivity index (χ2n) is 14.6. The van der Waals surface area contributed by atoms with Gasteiger partial charge >= 0.3 is 0 Å². The number of allylic oxidation sites excluding steroid dienone is 1. The summed E-state index contributed by atoms with van der Waals surface area (Å²) in [4.78, 5) is 12.9. The van der Waals surface area contributed by atoms with Gasteiger partial charge in [0.15, 0.2) is 6.29 Å². The molecule has 1 aliphatic rings. The second kappa shape index (κ2) is 29.6. The highest BCUT2D eigenvalue weighted by atomic mass is 16.7. The summed E-state index contributed by atoms with van der Waals surface area (Å²) in [5.74, 6) is 0.602. The van der Waals surface area contributed by atoms with Gasteiger partial charge < -0.3 is 40.3 Å². The molecule has 1 aliphatic heterocycles. The van der Waals surface area contributed by atoms with Crippen molar-refractivity contribution in [2.75, 3.05) is 13.2 Å². The number of rotatable bonds is 31. The molecule has 1 rings (SSSR count). The number of hydrogen-bond donors (Lipinski definition) is 6. The first-order chi connectivity index (χ1) is 23.2. The molecule has 9 nitrogen and oxygen atoms in total. The van der Waals surface area contributed by atoms with Crippen LogP contribution in [0.2, 0.25) is 0 Å². The van der Waals surface area contributed by atoms with Crippen LogP contribution in [0.5, 0.6) is 0 Å². The number of carbonyl (C=O) groups excluding carboxylic acids is 1. The van der Waals surface area contributed by atoms with Crippen molar-refractivity contribution < 1.29 is 39.8 Å². The lowest BCUT2D eigenvalue weighted by molar-refractivity contribution is -0.302. The Bertz CT molecular complexity index is 779. The highest BCUT2D eigenvalue weighted by Crippen LogP contribution is 2.22. The van der Waals surface area contributed by atoms with Gasteiger partial charge in [-0.05, 0) is 25.2 Å². The van der Waals surface area contributed by atoms with E-state index in [4.69, 9.17) is 9.47 Å². The van der Waals surface area contributed by atoms with Crippen LogP contribution in [-0.4, -0.2) is 87.5 Å². The summed E-state index contributed by atoms with van der Waals surface area (Å²) >= 11 is 0. The summed E-state index contributed by atoms with van der Waals surface area (Å²) in [6.07, 6.45) is 22.6. The summed E-state index contributed by atoms with van der Waals surface area (Å²) in [6, 6.07) is -0.797. The van der Waals surface area contributed by atoms with Crippen LogP contribution >= 0.6 is 0 Å². The monoisotopic (exact) mass is 686 g/mol. The van der Waals surface area contributed by atoms with E-state index in [-0.39, 0.29) is 12.5 Å². The number of aliphatic hydroxyl groups excluding tert-OH is 5. The standard InChI is InChI=1S/C39H75NO8/c1-4-5-6-7-8-9-10-11-12-16-19-22-25-28-35(43)40-32(30-47-39-38(46)37(45)36(44)34(29-41)48-39)33(42)27-24-21-18-15-13-14-17-20-23-26-31(2)3/h24,27,31-34,36-39,41-42,44-46H,4-23,25-26,28-30H2,1-3H3,(H,40,43)/b27-24+/t32-,33+,34+,36+,37-,38+,39+/m0/s1. The molecule has 1 fully saturated rings. The Morgan fingerprint density at radius 1 is 0.750 bits per heavy atom. The van der Waals surface area contributed by atoms with Gasteiger partial charge in [0.1, 0.15) is 24.4 Å². The van der Waals surface area contributed by atoms with Crippen LogP contribution in [0.25, 0.3) is 0 Å². The van der Waals surface area contributed by atoms with Crippen LogP contribution in [-0.2, 0) is 14.3 Å². The Labute approximate surface area is 293 Å². The van der Waals surface area contributed by atoms with Crippen molar-refractivity contribution in [1.82, 2.24) is 5.32 Å². The normalized spacial score (nSPS) is 22.8. The zero-order valence-electron chi connectivity index (χ0n) is 30.9. The number of carbonyl (C=O) groups is 1. The highest BCUT2D eigenvalue weighted by Gasteiger charge is 2.44. The van der Waals surface area contributed by atoms with E-state index in [1.807, 2.05) is 6.08 Å². The average molecular weight is 686 g/mol. The van der Waals surface area contributed by atoms with Crippen LogP contribution < -0.4 is 5.32 Å². The molecule has 0 unspecified atom stereocenters. The molecule has 9 heteroatoms. The molecule has 0 spiro atoms. The molecule has 6 N–H and O–H groups in total. The maximum absolute atomic E-state index is 12.9. The topological polar surface area (TPSA) is 149 Å². The maximum atomic E-state index is 12.9. The smallest absolute Gasteiger partial charge is 0.220 e. The van der Waals surface area contributed by atoms with Crippen LogP contribution in [0.4, 0.5) is 0 Å². The van der Waals surface area contributed by atoms with E-state index in [1.165, 1.54) is 103 Å². The fourth-order valence-electron chi connectivity index (χ4n) is 6.28. The molecule has 0 aromatic rings. The first-order valence-corrected chi connectivity index (χ1v) is 19.8. The maximum Gasteiger partial charge on any atom is 0.220 e. The number of hydrogen-bond acceptors (Lipinski definition) is 8. The van der Waals surface area contributed by atoms with Crippen LogP contribution in [0.15, 0.2) is 12.2 Å². The quantitative estimate of drug-likeness (QED) is 0.0343. The Balaban J connectivity index is 2.45. The van der Waals surface area contributed by atoms with E-state index >= 15 is 0 Å². The third-order valence-electron chi connectivity index (χ3n) is 9.54. The summed E-state index contributed by atoms with van der Waals surface area (Å²) in [7, 11) is 0. The second-order valence-corrected chi connectivity index (χ2v) is 14.6. The molecule has 0 saturated carbocycles. The van der Waals surface area contributed by atoms with E-state index in [9.17, 15) is 30.3 Å². The fourth-order valence-corrected chi connectivity index (χ4v) is 6.28. The predicted molar refractivity (Wildman–Crippen MR) is 193 cm³/mol. The molecule has 284 valence electrons. The van der Waals surface area contributed by atoms with Gasteiger partial charge in [0, 0.05) is 6.42 Å². The lowest BCUT2D eigenvalue weighted by atomic mass is 9.99. The third kappa shape index (κ3) is 21.9. The molecule has 0 bridgehead atoms. The van der Waals surface area contributed by atoms with Crippen molar-refractivity contribution in [3.8, 4) is 0 Å². The van der Waals surface area contributed by atoms with Crippen molar-refractivity contribution in [3.05, 3.63) is 12.2 Å². The summed E-state index contributed by atoms with van der Waals surface area (Å²) < 4.78 is 11.2. The molecule has 7 atom stereocenters. The first-order valence-electron chi connectivity index (χ1n) is 19.8. The molecule has 0 aromatic heterocycles. The third-order valence-corrected chi connectivity index (χ3v) is 9.54. The lowest BCUT2D eigenvalue weighted by Crippen LogP contribution is -2.60. The van der Waals surface area contributed by atoms with Gasteiger partial charge in [-0.25, -0.2) is 0 Å². The van der Waals surface area contributed by atoms with Gasteiger partial charge in [-0.15, -0.1) is 0 Å². The molecule has 1 saturated heterocycles. The van der Waals surface area contributed by atoms with Crippen molar-refractivity contribution in [2.45, 2.75) is 211 Å². The summed E-state index contributed by atoms with van der Waals surface area (Å²) in [5.41, 5.74) is 0. The number of unbranched alkanes of at least 4 members (excludes halogenated alkanes) is 19. The zero-order chi connectivity index (χ0) is 35.4. The Kier molecular flexibility index (Phi) is 27.8. The molecule has 1 amide bonds. The molecular formula is C39H75NO8. The van der Waals surface area contributed by atoms with Crippen molar-refractivity contribution in [2.24, 2.45) is 5.92 Å². The summed E-state index contributed by atoms with van der Waals surface area (Å²) in [5, 5.41) is 53.9. The number of aliphatic hydroxyl groups is 5. The van der Waals surface area contributed by atoms with E-state index < -0.39 is 49.5 Å². The minimum Gasteiger partial charge on any atom is -0.394 e. The van der Waals surface area contributed by atoms with Gasteiger partial charge in [0.2, 0.25) is 5.91 Å². The number of amides is 1. The Morgan fingerprint density at radius 3 is 1.81 bits per heavy atom. The molecule has 1 heterocycles. The van der Waals surface area contributed by atoms with Gasteiger partial charge in [0.05, 0.1) is 25.4 Å². The van der Waals surface area contributed by atoms with E-state index in [2.05, 4.69) is 26.1 Å². The van der Waals surface area contributed by atoms with Crippen molar-refractivity contribution in [1.29, 1.82) is 0 Å².